The fourth-order valence-electron chi connectivity index (χ4n) is 1.74. The average molecular weight is 307 g/mol. The van der Waals surface area contributed by atoms with Gasteiger partial charge in [-0.25, -0.2) is 0 Å². The van der Waals surface area contributed by atoms with Gasteiger partial charge in [-0.3, -0.25) is 9.78 Å². The highest BCUT2D eigenvalue weighted by molar-refractivity contribution is 9.09. The zero-order chi connectivity index (χ0) is 12.8. The van der Waals surface area contributed by atoms with E-state index in [1.807, 2.05) is 30.3 Å². The summed E-state index contributed by atoms with van der Waals surface area (Å²) in [4.78, 5) is 16.0. The maximum Gasteiger partial charge on any atom is 0.224 e. The van der Waals surface area contributed by atoms with Gasteiger partial charge in [0.1, 0.15) is 0 Å². The van der Waals surface area contributed by atoms with Gasteiger partial charge in [0.05, 0.1) is 17.4 Å². The van der Waals surface area contributed by atoms with Gasteiger partial charge in [-0.1, -0.05) is 34.1 Å². The molecule has 4 heteroatoms. The zero-order valence-electron chi connectivity index (χ0n) is 10.0. The molecule has 0 aliphatic rings. The number of amides is 1. The lowest BCUT2D eigenvalue weighted by Crippen LogP contribution is -2.11. The van der Waals surface area contributed by atoms with E-state index in [0.717, 1.165) is 34.8 Å². The first-order chi connectivity index (χ1) is 8.79. The van der Waals surface area contributed by atoms with Crippen molar-refractivity contribution in [3.63, 3.8) is 0 Å². The summed E-state index contributed by atoms with van der Waals surface area (Å²) < 4.78 is 0. The summed E-state index contributed by atoms with van der Waals surface area (Å²) in [6.45, 7) is 0. The standard InChI is InChI=1S/C14H15BrN2O/c15-8-4-3-7-14(18)17-12-9-11-5-1-2-6-13(11)16-10-12/h1-2,5-6,9-10H,3-4,7-8H2,(H,17,18). The first-order valence-electron chi connectivity index (χ1n) is 6.00. The number of hydrogen-bond acceptors (Lipinski definition) is 2. The first-order valence-corrected chi connectivity index (χ1v) is 7.12. The van der Waals surface area contributed by atoms with E-state index in [-0.39, 0.29) is 5.91 Å². The van der Waals surface area contributed by atoms with Crippen LogP contribution in [-0.4, -0.2) is 16.2 Å². The molecular weight excluding hydrogens is 292 g/mol. The van der Waals surface area contributed by atoms with Crippen molar-refractivity contribution in [2.45, 2.75) is 19.3 Å². The quantitative estimate of drug-likeness (QED) is 0.675. The number of hydrogen-bond donors (Lipinski definition) is 1. The van der Waals surface area contributed by atoms with Gasteiger partial charge in [-0.2, -0.15) is 0 Å². The molecule has 1 aromatic carbocycles. The van der Waals surface area contributed by atoms with Crippen molar-refractivity contribution >= 4 is 38.4 Å². The van der Waals surface area contributed by atoms with Crippen LogP contribution >= 0.6 is 15.9 Å². The van der Waals surface area contributed by atoms with E-state index in [4.69, 9.17) is 0 Å². The van der Waals surface area contributed by atoms with Crippen molar-refractivity contribution in [1.29, 1.82) is 0 Å². The van der Waals surface area contributed by atoms with Crippen molar-refractivity contribution in [2.24, 2.45) is 0 Å². The SMILES string of the molecule is O=C(CCCCBr)Nc1cnc2ccccc2c1. The number of halogens is 1. The van der Waals surface area contributed by atoms with Gasteiger partial charge in [0.2, 0.25) is 5.91 Å². The minimum Gasteiger partial charge on any atom is -0.325 e. The second kappa shape index (κ2) is 6.50. The molecule has 0 bridgehead atoms. The molecule has 1 aromatic heterocycles. The molecule has 0 spiro atoms. The van der Waals surface area contributed by atoms with Crippen molar-refractivity contribution in [1.82, 2.24) is 4.98 Å². The number of carbonyl (C=O) groups is 1. The Balaban J connectivity index is 2.01. The van der Waals surface area contributed by atoms with E-state index in [2.05, 4.69) is 26.2 Å². The van der Waals surface area contributed by atoms with Gasteiger partial charge < -0.3 is 5.32 Å². The molecule has 0 radical (unpaired) electrons. The summed E-state index contributed by atoms with van der Waals surface area (Å²) in [6, 6.07) is 9.81. The number of alkyl halides is 1. The number of aromatic nitrogens is 1. The predicted molar refractivity (Wildman–Crippen MR) is 78.0 cm³/mol. The number of unbranched alkanes of at least 4 members (excludes halogenated alkanes) is 1. The third-order valence-corrected chi connectivity index (χ3v) is 3.22. The van der Waals surface area contributed by atoms with Crippen LogP contribution in [0.5, 0.6) is 0 Å². The average Bonchev–Trinajstić information content (AvgIpc) is 2.39. The zero-order valence-corrected chi connectivity index (χ0v) is 11.6. The Morgan fingerprint density at radius 3 is 2.94 bits per heavy atom. The van der Waals surface area contributed by atoms with Crippen molar-refractivity contribution < 1.29 is 4.79 Å². The van der Waals surface area contributed by atoms with E-state index < -0.39 is 0 Å². The summed E-state index contributed by atoms with van der Waals surface area (Å²) in [5.74, 6) is 0.0491. The second-order valence-electron chi connectivity index (χ2n) is 4.11. The largest absolute Gasteiger partial charge is 0.325 e. The molecule has 94 valence electrons. The van der Waals surface area contributed by atoms with Gasteiger partial charge in [-0.05, 0) is 25.0 Å². The van der Waals surface area contributed by atoms with Crippen molar-refractivity contribution in [3.8, 4) is 0 Å². The van der Waals surface area contributed by atoms with E-state index in [9.17, 15) is 4.79 Å². The molecule has 1 amide bonds. The minimum atomic E-state index is 0.0491. The van der Waals surface area contributed by atoms with Gasteiger partial charge >= 0.3 is 0 Å². The number of anilines is 1. The highest BCUT2D eigenvalue weighted by Gasteiger charge is 2.03. The molecule has 3 nitrogen and oxygen atoms in total. The normalized spacial score (nSPS) is 10.5. The van der Waals surface area contributed by atoms with Gasteiger partial charge in [0.15, 0.2) is 0 Å². The van der Waals surface area contributed by atoms with E-state index in [1.165, 1.54) is 0 Å². The number of para-hydroxylation sites is 1. The molecule has 0 saturated heterocycles. The molecule has 0 saturated carbocycles. The van der Waals surface area contributed by atoms with Crippen LogP contribution in [0.25, 0.3) is 10.9 Å². The monoisotopic (exact) mass is 306 g/mol. The maximum atomic E-state index is 11.7. The van der Waals surface area contributed by atoms with E-state index >= 15 is 0 Å². The fourth-order valence-corrected chi connectivity index (χ4v) is 2.14. The van der Waals surface area contributed by atoms with Crippen LogP contribution in [0.1, 0.15) is 19.3 Å². The summed E-state index contributed by atoms with van der Waals surface area (Å²) in [7, 11) is 0. The Labute approximate surface area is 115 Å². The number of fused-ring (bicyclic) bond motifs is 1. The summed E-state index contributed by atoms with van der Waals surface area (Å²) >= 11 is 3.35. The Bertz CT molecular complexity index is 542. The third-order valence-electron chi connectivity index (χ3n) is 2.66. The van der Waals surface area contributed by atoms with Gasteiger partial charge in [0, 0.05) is 17.1 Å². The van der Waals surface area contributed by atoms with Crippen LogP contribution in [0.3, 0.4) is 0 Å². The molecule has 0 unspecified atom stereocenters. The fraction of sp³-hybridized carbons (Fsp3) is 0.286. The molecular formula is C14H15BrN2O. The van der Waals surface area contributed by atoms with E-state index in [0.29, 0.717) is 6.42 Å². The van der Waals surface area contributed by atoms with Crippen LogP contribution in [0.4, 0.5) is 5.69 Å². The van der Waals surface area contributed by atoms with Gasteiger partial charge in [-0.15, -0.1) is 0 Å². The summed E-state index contributed by atoms with van der Waals surface area (Å²) in [5.41, 5.74) is 1.70. The van der Waals surface area contributed by atoms with E-state index in [1.54, 1.807) is 6.20 Å². The highest BCUT2D eigenvalue weighted by atomic mass is 79.9. The van der Waals surface area contributed by atoms with Crippen LogP contribution in [0.15, 0.2) is 36.5 Å². The number of carbonyl (C=O) groups excluding carboxylic acids is 1. The molecule has 0 fully saturated rings. The lowest BCUT2D eigenvalue weighted by atomic mass is 10.2. The summed E-state index contributed by atoms with van der Waals surface area (Å²) in [5, 5.41) is 4.86. The van der Waals surface area contributed by atoms with Crippen LogP contribution in [-0.2, 0) is 4.79 Å². The minimum absolute atomic E-state index is 0.0491. The highest BCUT2D eigenvalue weighted by Crippen LogP contribution is 2.16. The molecule has 2 aromatic rings. The van der Waals surface area contributed by atoms with Crippen LogP contribution in [0, 0.1) is 0 Å². The van der Waals surface area contributed by atoms with Crippen molar-refractivity contribution in [2.75, 3.05) is 10.6 Å². The molecule has 1 heterocycles. The van der Waals surface area contributed by atoms with Crippen molar-refractivity contribution in [3.05, 3.63) is 36.5 Å². The van der Waals surface area contributed by atoms with Crippen LogP contribution in [0.2, 0.25) is 0 Å². The molecule has 0 aliphatic heterocycles. The summed E-state index contributed by atoms with van der Waals surface area (Å²) in [6.07, 6.45) is 4.17. The lowest BCUT2D eigenvalue weighted by molar-refractivity contribution is -0.116. The Kier molecular flexibility index (Phi) is 4.70. The Hall–Kier alpha value is -1.42. The van der Waals surface area contributed by atoms with Crippen LogP contribution < -0.4 is 5.32 Å². The Morgan fingerprint density at radius 1 is 1.28 bits per heavy atom. The molecule has 2 rings (SSSR count). The smallest absolute Gasteiger partial charge is 0.224 e. The number of rotatable bonds is 5. The molecule has 0 aliphatic carbocycles. The third kappa shape index (κ3) is 3.53. The first kappa shape index (κ1) is 13.0. The number of nitrogens with zero attached hydrogens (tertiary/aromatic N) is 1. The molecule has 18 heavy (non-hydrogen) atoms. The number of pyridine rings is 1. The molecule has 0 atom stereocenters. The number of nitrogens with one attached hydrogen (secondary N) is 1. The Morgan fingerprint density at radius 2 is 2.11 bits per heavy atom. The predicted octanol–water partition coefficient (Wildman–Crippen LogP) is 3.74. The number of benzene rings is 1. The van der Waals surface area contributed by atoms with Gasteiger partial charge in [0.25, 0.3) is 0 Å². The maximum absolute atomic E-state index is 11.7. The lowest BCUT2D eigenvalue weighted by Gasteiger charge is -2.05. The molecule has 1 N–H and O–H groups in total. The second-order valence-corrected chi connectivity index (χ2v) is 4.90. The topological polar surface area (TPSA) is 42.0 Å².